The minimum Gasteiger partial charge on any atom is -0.380 e. The second-order valence-electron chi connectivity index (χ2n) is 3.70. The number of hydrogen-bond acceptors (Lipinski definition) is 4. The van der Waals surface area contributed by atoms with Gasteiger partial charge in [0, 0.05) is 19.8 Å². The predicted molar refractivity (Wildman–Crippen MR) is 57.6 cm³/mol. The van der Waals surface area contributed by atoms with Gasteiger partial charge in [-0.2, -0.15) is 5.10 Å². The zero-order chi connectivity index (χ0) is 11.5. The van der Waals surface area contributed by atoms with E-state index >= 15 is 0 Å². The lowest BCUT2D eigenvalue weighted by Crippen LogP contribution is -2.10. The first-order chi connectivity index (χ1) is 7.72. The van der Waals surface area contributed by atoms with E-state index in [4.69, 9.17) is 0 Å². The molecule has 16 heavy (non-hydrogen) atoms. The second kappa shape index (κ2) is 4.44. The summed E-state index contributed by atoms with van der Waals surface area (Å²) in [6, 6.07) is 1.79. The number of hydrogen-bond donors (Lipinski definition) is 1. The number of aliphatic hydroxyl groups is 1. The Bertz CT molecular complexity index is 461. The van der Waals surface area contributed by atoms with Crippen LogP contribution >= 0.6 is 0 Å². The van der Waals surface area contributed by atoms with Crippen LogP contribution in [-0.2, 0) is 13.6 Å². The Morgan fingerprint density at radius 3 is 2.94 bits per heavy atom. The van der Waals surface area contributed by atoms with Gasteiger partial charge in [-0.25, -0.2) is 4.68 Å². The molecule has 2 aromatic rings. The normalized spacial score (nSPS) is 12.9. The number of rotatable bonds is 4. The zero-order valence-electron chi connectivity index (χ0n) is 9.41. The summed E-state index contributed by atoms with van der Waals surface area (Å²) in [6.07, 6.45) is 3.56. The standard InChI is InChI=1S/C10H15N5O/c1-3-5-15-9(7-11-13-15)10(16)8-4-6-14(2)12-8/h4,6-7,10,16H,3,5H2,1-2H3. The summed E-state index contributed by atoms with van der Waals surface area (Å²) in [6.45, 7) is 2.80. The highest BCUT2D eigenvalue weighted by Gasteiger charge is 2.18. The van der Waals surface area contributed by atoms with E-state index in [0.717, 1.165) is 13.0 Å². The van der Waals surface area contributed by atoms with Gasteiger partial charge in [-0.1, -0.05) is 12.1 Å². The average molecular weight is 221 g/mol. The molecule has 1 unspecified atom stereocenters. The fraction of sp³-hybridized carbons (Fsp3) is 0.500. The van der Waals surface area contributed by atoms with E-state index in [-0.39, 0.29) is 0 Å². The van der Waals surface area contributed by atoms with Gasteiger partial charge in [-0.3, -0.25) is 4.68 Å². The Labute approximate surface area is 93.5 Å². The number of aryl methyl sites for hydroxylation is 2. The van der Waals surface area contributed by atoms with Crippen molar-refractivity contribution in [1.82, 2.24) is 24.8 Å². The van der Waals surface area contributed by atoms with Crippen molar-refractivity contribution in [2.75, 3.05) is 0 Å². The van der Waals surface area contributed by atoms with E-state index in [1.54, 1.807) is 27.8 Å². The Morgan fingerprint density at radius 1 is 1.50 bits per heavy atom. The van der Waals surface area contributed by atoms with Crippen LogP contribution in [0.15, 0.2) is 18.5 Å². The molecule has 6 nitrogen and oxygen atoms in total. The number of nitrogens with zero attached hydrogens (tertiary/aromatic N) is 5. The summed E-state index contributed by atoms with van der Waals surface area (Å²) in [4.78, 5) is 0. The number of aliphatic hydroxyl groups excluding tert-OH is 1. The molecule has 86 valence electrons. The minimum absolute atomic E-state index is 0.613. The molecule has 2 heterocycles. The van der Waals surface area contributed by atoms with E-state index in [1.165, 1.54) is 0 Å². The van der Waals surface area contributed by atoms with Crippen molar-refractivity contribution >= 4 is 0 Å². The van der Waals surface area contributed by atoms with Crippen molar-refractivity contribution in [2.24, 2.45) is 7.05 Å². The molecule has 0 saturated carbocycles. The van der Waals surface area contributed by atoms with Crippen LogP contribution < -0.4 is 0 Å². The van der Waals surface area contributed by atoms with Crippen molar-refractivity contribution < 1.29 is 5.11 Å². The van der Waals surface area contributed by atoms with Gasteiger partial charge in [0.05, 0.1) is 17.6 Å². The first-order valence-corrected chi connectivity index (χ1v) is 5.28. The van der Waals surface area contributed by atoms with Gasteiger partial charge in [-0.15, -0.1) is 5.10 Å². The predicted octanol–water partition coefficient (Wildman–Crippen LogP) is 0.503. The fourth-order valence-electron chi connectivity index (χ4n) is 1.59. The Hall–Kier alpha value is -1.69. The Balaban J connectivity index is 2.26. The topological polar surface area (TPSA) is 68.8 Å². The van der Waals surface area contributed by atoms with Crippen LogP contribution in [0.2, 0.25) is 0 Å². The molecular formula is C10H15N5O. The Morgan fingerprint density at radius 2 is 2.31 bits per heavy atom. The fourth-order valence-corrected chi connectivity index (χ4v) is 1.59. The third kappa shape index (κ3) is 1.96. The third-order valence-electron chi connectivity index (χ3n) is 2.38. The molecule has 0 aromatic carbocycles. The van der Waals surface area contributed by atoms with Crippen LogP contribution in [0.5, 0.6) is 0 Å². The molecule has 2 rings (SSSR count). The van der Waals surface area contributed by atoms with Gasteiger partial charge >= 0.3 is 0 Å². The lowest BCUT2D eigenvalue weighted by Gasteiger charge is -2.09. The van der Waals surface area contributed by atoms with Crippen LogP contribution in [0, 0.1) is 0 Å². The molecule has 0 aliphatic heterocycles. The van der Waals surface area contributed by atoms with Crippen molar-refractivity contribution in [1.29, 1.82) is 0 Å². The summed E-state index contributed by atoms with van der Waals surface area (Å²) < 4.78 is 3.37. The molecule has 0 spiro atoms. The quantitative estimate of drug-likeness (QED) is 0.816. The molecule has 2 aromatic heterocycles. The largest absolute Gasteiger partial charge is 0.380 e. The van der Waals surface area contributed by atoms with Gasteiger partial charge < -0.3 is 5.11 Å². The van der Waals surface area contributed by atoms with Crippen molar-refractivity contribution in [3.8, 4) is 0 Å². The zero-order valence-corrected chi connectivity index (χ0v) is 9.41. The van der Waals surface area contributed by atoms with E-state index in [1.807, 2.05) is 7.05 Å². The first-order valence-electron chi connectivity index (χ1n) is 5.28. The summed E-state index contributed by atoms with van der Waals surface area (Å²) in [5, 5.41) is 22.0. The van der Waals surface area contributed by atoms with Gasteiger partial charge in [0.1, 0.15) is 6.10 Å². The SMILES string of the molecule is CCCn1nncc1C(O)c1ccn(C)n1. The van der Waals surface area contributed by atoms with Gasteiger partial charge in [-0.05, 0) is 12.5 Å². The third-order valence-corrected chi connectivity index (χ3v) is 2.38. The second-order valence-corrected chi connectivity index (χ2v) is 3.70. The highest BCUT2D eigenvalue weighted by atomic mass is 16.3. The maximum Gasteiger partial charge on any atom is 0.141 e. The minimum atomic E-state index is -0.761. The molecular weight excluding hydrogens is 206 g/mol. The van der Waals surface area contributed by atoms with Crippen LogP contribution in [0.3, 0.4) is 0 Å². The van der Waals surface area contributed by atoms with E-state index in [2.05, 4.69) is 22.3 Å². The van der Waals surface area contributed by atoms with Crippen LogP contribution in [0.4, 0.5) is 0 Å². The summed E-state index contributed by atoms with van der Waals surface area (Å²) in [7, 11) is 1.82. The van der Waals surface area contributed by atoms with Crippen LogP contribution in [0.1, 0.15) is 30.8 Å². The lowest BCUT2D eigenvalue weighted by molar-refractivity contribution is 0.201. The summed E-state index contributed by atoms with van der Waals surface area (Å²) >= 11 is 0. The maximum atomic E-state index is 10.1. The van der Waals surface area contributed by atoms with Crippen LogP contribution in [0.25, 0.3) is 0 Å². The first kappa shape index (κ1) is 10.8. The summed E-state index contributed by atoms with van der Waals surface area (Å²) in [5.41, 5.74) is 1.29. The molecule has 0 bridgehead atoms. The van der Waals surface area contributed by atoms with Crippen LogP contribution in [-0.4, -0.2) is 29.9 Å². The van der Waals surface area contributed by atoms with E-state index in [9.17, 15) is 5.11 Å². The molecule has 0 radical (unpaired) electrons. The molecule has 0 saturated heterocycles. The highest BCUT2D eigenvalue weighted by Crippen LogP contribution is 2.18. The average Bonchev–Trinajstić information content (AvgIpc) is 2.87. The van der Waals surface area contributed by atoms with Gasteiger partial charge in [0.25, 0.3) is 0 Å². The van der Waals surface area contributed by atoms with E-state index in [0.29, 0.717) is 11.4 Å². The van der Waals surface area contributed by atoms with Gasteiger partial charge in [0.15, 0.2) is 0 Å². The van der Waals surface area contributed by atoms with Crippen molar-refractivity contribution in [3.63, 3.8) is 0 Å². The monoisotopic (exact) mass is 221 g/mol. The Kier molecular flexibility index (Phi) is 3.00. The van der Waals surface area contributed by atoms with E-state index < -0.39 is 6.10 Å². The molecule has 0 amide bonds. The molecule has 0 aliphatic rings. The smallest absolute Gasteiger partial charge is 0.141 e. The lowest BCUT2D eigenvalue weighted by atomic mass is 10.2. The van der Waals surface area contributed by atoms with Crippen molar-refractivity contribution in [3.05, 3.63) is 29.8 Å². The highest BCUT2D eigenvalue weighted by molar-refractivity contribution is 5.15. The van der Waals surface area contributed by atoms with Gasteiger partial charge in [0.2, 0.25) is 0 Å². The molecule has 0 aliphatic carbocycles. The number of aromatic nitrogens is 5. The maximum absolute atomic E-state index is 10.1. The molecule has 6 heteroatoms. The van der Waals surface area contributed by atoms with Crippen molar-refractivity contribution in [2.45, 2.75) is 26.0 Å². The molecule has 1 atom stereocenters. The summed E-state index contributed by atoms with van der Waals surface area (Å²) in [5.74, 6) is 0. The molecule has 0 fully saturated rings. The molecule has 1 N–H and O–H groups in total.